The minimum Gasteiger partial charge on any atom is -0.481 e. The van der Waals surface area contributed by atoms with Crippen molar-refractivity contribution in [2.45, 2.75) is 26.2 Å². The predicted molar refractivity (Wildman–Crippen MR) is 69.3 cm³/mol. The molecule has 0 aromatic rings. The Labute approximate surface area is 113 Å². The number of carboxylic acid groups (broad SMARTS) is 1. The number of rotatable bonds is 5. The van der Waals surface area contributed by atoms with Crippen LogP contribution in [-0.4, -0.2) is 55.9 Å². The molecule has 1 N–H and O–H groups in total. The Balaban J connectivity index is 2.18. The summed E-state index contributed by atoms with van der Waals surface area (Å²) in [5, 5.41) is 9.46. The maximum atomic E-state index is 12.2. The van der Waals surface area contributed by atoms with Crippen molar-refractivity contribution in [1.29, 1.82) is 0 Å². The number of carboxylic acids is 1. The van der Waals surface area contributed by atoms with Gasteiger partial charge in [0.2, 0.25) is 10.0 Å². The fourth-order valence-electron chi connectivity index (χ4n) is 2.91. The molecule has 2 rings (SSSR count). The Kier molecular flexibility index (Phi) is 4.17. The number of nitrogens with zero attached hydrogens (tertiary/aromatic N) is 1. The molecule has 7 heteroatoms. The second-order valence-electron chi connectivity index (χ2n) is 5.46. The summed E-state index contributed by atoms with van der Waals surface area (Å²) in [5.74, 6) is -0.965. The van der Waals surface area contributed by atoms with E-state index in [0.717, 1.165) is 6.42 Å². The first-order valence-electron chi connectivity index (χ1n) is 6.71. The monoisotopic (exact) mass is 291 g/mol. The number of fused-ring (bicyclic) bond motifs is 1. The van der Waals surface area contributed by atoms with Crippen molar-refractivity contribution in [1.82, 2.24) is 4.31 Å². The molecule has 2 fully saturated rings. The first-order valence-corrected chi connectivity index (χ1v) is 8.32. The molecule has 19 heavy (non-hydrogen) atoms. The van der Waals surface area contributed by atoms with Gasteiger partial charge < -0.3 is 9.84 Å². The van der Waals surface area contributed by atoms with Crippen molar-refractivity contribution in [3.8, 4) is 0 Å². The van der Waals surface area contributed by atoms with Gasteiger partial charge in [-0.2, -0.15) is 0 Å². The van der Waals surface area contributed by atoms with Gasteiger partial charge in [-0.05, 0) is 18.8 Å². The molecule has 2 heterocycles. The van der Waals surface area contributed by atoms with Crippen molar-refractivity contribution in [2.24, 2.45) is 11.3 Å². The second kappa shape index (κ2) is 5.38. The minimum atomic E-state index is -3.34. The molecule has 0 aromatic heterocycles. The van der Waals surface area contributed by atoms with E-state index in [0.29, 0.717) is 26.0 Å². The van der Waals surface area contributed by atoms with Gasteiger partial charge >= 0.3 is 5.97 Å². The van der Waals surface area contributed by atoms with Crippen LogP contribution < -0.4 is 0 Å². The van der Waals surface area contributed by atoms with Gasteiger partial charge in [0.05, 0.1) is 12.4 Å². The van der Waals surface area contributed by atoms with Crippen LogP contribution in [0.4, 0.5) is 0 Å². The van der Waals surface area contributed by atoms with Crippen LogP contribution >= 0.6 is 0 Å². The summed E-state index contributed by atoms with van der Waals surface area (Å²) in [4.78, 5) is 11.5. The summed E-state index contributed by atoms with van der Waals surface area (Å²) in [6.07, 6.45) is 2.04. The predicted octanol–water partition coefficient (Wildman–Crippen LogP) is 0.539. The van der Waals surface area contributed by atoms with Crippen LogP contribution in [-0.2, 0) is 19.6 Å². The van der Waals surface area contributed by atoms with Crippen molar-refractivity contribution >= 4 is 16.0 Å². The van der Waals surface area contributed by atoms with Gasteiger partial charge in [0.1, 0.15) is 5.41 Å². The summed E-state index contributed by atoms with van der Waals surface area (Å²) in [6, 6.07) is 0. The lowest BCUT2D eigenvalue weighted by Crippen LogP contribution is -2.46. The summed E-state index contributed by atoms with van der Waals surface area (Å²) in [6.45, 7) is 2.95. The van der Waals surface area contributed by atoms with Crippen molar-refractivity contribution in [2.75, 3.05) is 32.1 Å². The van der Waals surface area contributed by atoms with Crippen LogP contribution in [0.3, 0.4) is 0 Å². The highest BCUT2D eigenvalue weighted by Crippen LogP contribution is 2.42. The molecule has 6 nitrogen and oxygen atoms in total. The molecular weight excluding hydrogens is 270 g/mol. The van der Waals surface area contributed by atoms with Crippen molar-refractivity contribution in [3.05, 3.63) is 0 Å². The third kappa shape index (κ3) is 2.64. The Morgan fingerprint density at radius 3 is 2.84 bits per heavy atom. The molecule has 0 amide bonds. The van der Waals surface area contributed by atoms with Gasteiger partial charge in [-0.1, -0.05) is 13.3 Å². The third-order valence-corrected chi connectivity index (χ3v) is 6.08. The average Bonchev–Trinajstić information content (AvgIpc) is 2.78. The van der Waals surface area contributed by atoms with E-state index in [1.54, 1.807) is 0 Å². The molecular formula is C12H21NO5S. The normalized spacial score (nSPS) is 32.2. The average molecular weight is 291 g/mol. The highest BCUT2D eigenvalue weighted by atomic mass is 32.2. The molecule has 0 aliphatic carbocycles. The first kappa shape index (κ1) is 14.7. The minimum absolute atomic E-state index is 0.0546. The largest absolute Gasteiger partial charge is 0.481 e. The van der Waals surface area contributed by atoms with Gasteiger partial charge in [0.15, 0.2) is 0 Å². The Hall–Kier alpha value is -0.660. The highest BCUT2D eigenvalue weighted by molar-refractivity contribution is 7.89. The molecule has 0 spiro atoms. The van der Waals surface area contributed by atoms with Gasteiger partial charge in [0, 0.05) is 19.7 Å². The molecule has 0 unspecified atom stereocenters. The lowest BCUT2D eigenvalue weighted by Gasteiger charge is -2.34. The molecule has 0 saturated carbocycles. The lowest BCUT2D eigenvalue weighted by atomic mass is 9.76. The van der Waals surface area contributed by atoms with E-state index in [9.17, 15) is 18.3 Å². The molecule has 110 valence electrons. The van der Waals surface area contributed by atoms with Gasteiger partial charge in [-0.25, -0.2) is 12.7 Å². The zero-order valence-corrected chi connectivity index (χ0v) is 12.0. The van der Waals surface area contributed by atoms with E-state index in [1.807, 2.05) is 6.92 Å². The van der Waals surface area contributed by atoms with Gasteiger partial charge in [0.25, 0.3) is 0 Å². The van der Waals surface area contributed by atoms with E-state index >= 15 is 0 Å². The van der Waals surface area contributed by atoms with Crippen molar-refractivity contribution < 1.29 is 23.1 Å². The molecule has 0 aromatic carbocycles. The van der Waals surface area contributed by atoms with Crippen LogP contribution in [0.1, 0.15) is 26.2 Å². The zero-order chi connectivity index (χ0) is 14.1. The van der Waals surface area contributed by atoms with Crippen LogP contribution in [0.5, 0.6) is 0 Å². The topological polar surface area (TPSA) is 83.9 Å². The fourth-order valence-corrected chi connectivity index (χ4v) is 4.66. The number of carbonyl (C=O) groups is 1. The second-order valence-corrected chi connectivity index (χ2v) is 7.55. The fraction of sp³-hybridized carbons (Fsp3) is 0.917. The smallest absolute Gasteiger partial charge is 0.313 e. The Morgan fingerprint density at radius 2 is 2.26 bits per heavy atom. The first-order chi connectivity index (χ1) is 8.92. The van der Waals surface area contributed by atoms with E-state index in [1.165, 1.54) is 4.31 Å². The summed E-state index contributed by atoms with van der Waals surface area (Å²) in [5.41, 5.74) is -1.04. The molecule has 2 aliphatic rings. The number of hydrogen-bond acceptors (Lipinski definition) is 4. The van der Waals surface area contributed by atoms with Gasteiger partial charge in [-0.3, -0.25) is 4.79 Å². The highest BCUT2D eigenvalue weighted by Gasteiger charge is 2.56. The van der Waals surface area contributed by atoms with Crippen LogP contribution in [0.15, 0.2) is 0 Å². The molecule has 2 aliphatic heterocycles. The number of hydrogen-bond donors (Lipinski definition) is 1. The molecule has 2 atom stereocenters. The molecule has 0 bridgehead atoms. The zero-order valence-electron chi connectivity index (χ0n) is 11.2. The third-order valence-electron chi connectivity index (χ3n) is 4.21. The SMILES string of the molecule is CCCCS(=O)(=O)N1C[C@@H]2CCOC[C@]2(C(=O)O)C1. The maximum Gasteiger partial charge on any atom is 0.313 e. The van der Waals surface area contributed by atoms with Crippen LogP contribution in [0, 0.1) is 11.3 Å². The van der Waals surface area contributed by atoms with Crippen LogP contribution in [0.2, 0.25) is 0 Å². The number of ether oxygens (including phenoxy) is 1. The van der Waals surface area contributed by atoms with Crippen LogP contribution in [0.25, 0.3) is 0 Å². The van der Waals surface area contributed by atoms with E-state index in [4.69, 9.17) is 4.74 Å². The summed E-state index contributed by atoms with van der Waals surface area (Å²) < 4.78 is 31.0. The van der Waals surface area contributed by atoms with E-state index < -0.39 is 21.4 Å². The van der Waals surface area contributed by atoms with Crippen molar-refractivity contribution in [3.63, 3.8) is 0 Å². The molecule has 0 radical (unpaired) electrons. The lowest BCUT2D eigenvalue weighted by molar-refractivity contribution is -0.159. The summed E-state index contributed by atoms with van der Waals surface area (Å²) >= 11 is 0. The maximum absolute atomic E-state index is 12.2. The van der Waals surface area contributed by atoms with Gasteiger partial charge in [-0.15, -0.1) is 0 Å². The number of unbranched alkanes of at least 4 members (excludes halogenated alkanes) is 1. The van der Waals surface area contributed by atoms with E-state index in [-0.39, 0.29) is 24.8 Å². The van der Waals surface area contributed by atoms with E-state index in [2.05, 4.69) is 0 Å². The number of aliphatic carboxylic acids is 1. The standard InChI is InChI=1S/C12H21NO5S/c1-2-3-6-19(16,17)13-7-10-4-5-18-9-12(10,8-13)11(14)15/h10H,2-9H2,1H3,(H,14,15)/t10-,12+/m0/s1. The number of sulfonamides is 1. The summed E-state index contributed by atoms with van der Waals surface area (Å²) in [7, 11) is -3.34. The quantitative estimate of drug-likeness (QED) is 0.799. The Bertz CT molecular complexity index is 449. The molecule has 2 saturated heterocycles. The Morgan fingerprint density at radius 1 is 1.53 bits per heavy atom.